The number of aromatic nitrogens is 2. The SMILES string of the molecule is CN1CCCC1c1nc(-c2ccc(OC/C=C/c3ccc(F)cc3)c(C(F)(F)F)c2)no1. The third-order valence-corrected chi connectivity index (χ3v) is 5.31. The molecular weight excluding hydrogens is 426 g/mol. The highest BCUT2D eigenvalue weighted by Crippen LogP contribution is 2.39. The van der Waals surface area contributed by atoms with E-state index in [1.54, 1.807) is 24.3 Å². The van der Waals surface area contributed by atoms with Crippen molar-refractivity contribution in [3.05, 3.63) is 71.4 Å². The number of halogens is 4. The first-order valence-electron chi connectivity index (χ1n) is 10.1. The number of likely N-dealkylation sites (tertiary alicyclic amines) is 1. The van der Waals surface area contributed by atoms with Crippen molar-refractivity contribution in [2.45, 2.75) is 25.1 Å². The van der Waals surface area contributed by atoms with Crippen molar-refractivity contribution >= 4 is 6.08 Å². The summed E-state index contributed by atoms with van der Waals surface area (Å²) < 4.78 is 64.6. The molecule has 4 rings (SSSR count). The molecule has 5 nitrogen and oxygen atoms in total. The van der Waals surface area contributed by atoms with E-state index >= 15 is 0 Å². The van der Waals surface area contributed by atoms with Crippen molar-refractivity contribution in [2.24, 2.45) is 0 Å². The molecule has 0 bridgehead atoms. The molecule has 0 saturated carbocycles. The van der Waals surface area contributed by atoms with Gasteiger partial charge in [0.25, 0.3) is 0 Å². The van der Waals surface area contributed by atoms with Gasteiger partial charge in [-0.1, -0.05) is 23.4 Å². The van der Waals surface area contributed by atoms with Gasteiger partial charge in [-0.3, -0.25) is 4.90 Å². The van der Waals surface area contributed by atoms with Crippen LogP contribution in [0.4, 0.5) is 17.6 Å². The maximum Gasteiger partial charge on any atom is 0.419 e. The van der Waals surface area contributed by atoms with Crippen LogP contribution in [0.3, 0.4) is 0 Å². The Balaban J connectivity index is 1.51. The van der Waals surface area contributed by atoms with Crippen LogP contribution in [-0.4, -0.2) is 35.2 Å². The lowest BCUT2D eigenvalue weighted by atomic mass is 10.1. The van der Waals surface area contributed by atoms with Gasteiger partial charge in [0.15, 0.2) is 0 Å². The second-order valence-corrected chi connectivity index (χ2v) is 7.57. The molecule has 1 aliphatic rings. The minimum Gasteiger partial charge on any atom is -0.489 e. The number of alkyl halides is 3. The fourth-order valence-electron chi connectivity index (χ4n) is 3.62. The normalized spacial score (nSPS) is 17.3. The van der Waals surface area contributed by atoms with Crippen molar-refractivity contribution in [2.75, 3.05) is 20.2 Å². The van der Waals surface area contributed by atoms with E-state index < -0.39 is 11.7 Å². The van der Waals surface area contributed by atoms with Crippen LogP contribution in [-0.2, 0) is 6.18 Å². The van der Waals surface area contributed by atoms with E-state index in [0.29, 0.717) is 11.5 Å². The molecule has 0 amide bonds. The van der Waals surface area contributed by atoms with Gasteiger partial charge in [-0.2, -0.15) is 18.2 Å². The van der Waals surface area contributed by atoms with Crippen LogP contribution in [0.1, 0.15) is 35.9 Å². The number of rotatable bonds is 6. The molecule has 2 aromatic carbocycles. The Hall–Kier alpha value is -3.20. The van der Waals surface area contributed by atoms with Crippen molar-refractivity contribution in [1.29, 1.82) is 0 Å². The molecule has 3 aromatic rings. The molecular formula is C23H21F4N3O2. The fraction of sp³-hybridized carbons (Fsp3) is 0.304. The summed E-state index contributed by atoms with van der Waals surface area (Å²) >= 11 is 0. The zero-order chi connectivity index (χ0) is 22.7. The Morgan fingerprint density at radius 3 is 2.66 bits per heavy atom. The van der Waals surface area contributed by atoms with Crippen molar-refractivity contribution < 1.29 is 26.8 Å². The van der Waals surface area contributed by atoms with Gasteiger partial charge in [0.2, 0.25) is 11.7 Å². The highest BCUT2D eigenvalue weighted by molar-refractivity contribution is 5.59. The lowest BCUT2D eigenvalue weighted by Gasteiger charge is -2.14. The third kappa shape index (κ3) is 4.99. The molecule has 9 heteroatoms. The molecule has 1 unspecified atom stereocenters. The van der Waals surface area contributed by atoms with Gasteiger partial charge >= 0.3 is 6.18 Å². The Kier molecular flexibility index (Phi) is 6.27. The van der Waals surface area contributed by atoms with Gasteiger partial charge in [-0.25, -0.2) is 4.39 Å². The summed E-state index contributed by atoms with van der Waals surface area (Å²) in [6, 6.07) is 9.39. The van der Waals surface area contributed by atoms with Crippen molar-refractivity contribution in [1.82, 2.24) is 15.0 Å². The summed E-state index contributed by atoms with van der Waals surface area (Å²) in [5, 5.41) is 3.87. The number of hydrogen-bond donors (Lipinski definition) is 0. The van der Waals surface area contributed by atoms with Crippen molar-refractivity contribution in [3.63, 3.8) is 0 Å². The third-order valence-electron chi connectivity index (χ3n) is 5.31. The zero-order valence-corrected chi connectivity index (χ0v) is 17.3. The Bertz CT molecular complexity index is 1090. The van der Waals surface area contributed by atoms with Gasteiger partial charge in [0, 0.05) is 5.56 Å². The van der Waals surface area contributed by atoms with Gasteiger partial charge in [-0.05, 0) is 68.4 Å². The molecule has 168 valence electrons. The molecule has 1 aliphatic heterocycles. The van der Waals surface area contributed by atoms with E-state index in [4.69, 9.17) is 9.26 Å². The molecule has 2 heterocycles. The minimum absolute atomic E-state index is 0.0196. The van der Waals surface area contributed by atoms with Gasteiger partial charge in [0.05, 0.1) is 11.6 Å². The summed E-state index contributed by atoms with van der Waals surface area (Å²) in [7, 11) is 1.94. The van der Waals surface area contributed by atoms with Crippen LogP contribution in [0, 0.1) is 5.82 Å². The number of nitrogens with zero attached hydrogens (tertiary/aromatic N) is 3. The van der Waals surface area contributed by atoms with E-state index in [9.17, 15) is 17.6 Å². The van der Waals surface area contributed by atoms with Crippen LogP contribution in [0.2, 0.25) is 0 Å². The predicted octanol–water partition coefficient (Wildman–Crippen LogP) is 5.75. The van der Waals surface area contributed by atoms with E-state index in [1.807, 2.05) is 7.05 Å². The summed E-state index contributed by atoms with van der Waals surface area (Å²) in [4.78, 5) is 6.39. The molecule has 0 aliphatic carbocycles. The molecule has 1 aromatic heterocycles. The van der Waals surface area contributed by atoms with E-state index in [2.05, 4.69) is 15.0 Å². The van der Waals surface area contributed by atoms with Crippen LogP contribution in [0.5, 0.6) is 5.75 Å². The monoisotopic (exact) mass is 447 g/mol. The first-order chi connectivity index (χ1) is 15.3. The van der Waals surface area contributed by atoms with Crippen LogP contribution in [0.15, 0.2) is 53.1 Å². The zero-order valence-electron chi connectivity index (χ0n) is 17.3. The maximum absolute atomic E-state index is 13.7. The largest absolute Gasteiger partial charge is 0.489 e. The predicted molar refractivity (Wildman–Crippen MR) is 110 cm³/mol. The van der Waals surface area contributed by atoms with E-state index in [-0.39, 0.29) is 35.6 Å². The first kappa shape index (κ1) is 22.0. The number of hydrogen-bond acceptors (Lipinski definition) is 5. The fourth-order valence-corrected chi connectivity index (χ4v) is 3.62. The highest BCUT2D eigenvalue weighted by Gasteiger charge is 2.35. The molecule has 0 spiro atoms. The molecule has 1 saturated heterocycles. The molecule has 0 radical (unpaired) electrons. The first-order valence-corrected chi connectivity index (χ1v) is 10.1. The highest BCUT2D eigenvalue weighted by atomic mass is 19.4. The van der Waals surface area contributed by atoms with E-state index in [1.165, 1.54) is 24.3 Å². The molecule has 1 fully saturated rings. The maximum atomic E-state index is 13.7. The summed E-state index contributed by atoms with van der Waals surface area (Å²) in [6.45, 7) is 0.822. The molecule has 0 N–H and O–H groups in total. The second kappa shape index (κ2) is 9.12. The van der Waals surface area contributed by atoms with E-state index in [0.717, 1.165) is 25.5 Å². The quantitative estimate of drug-likeness (QED) is 0.450. The van der Waals surface area contributed by atoms with Gasteiger partial charge < -0.3 is 9.26 Å². The Labute approximate surface area is 182 Å². The lowest BCUT2D eigenvalue weighted by Crippen LogP contribution is -2.17. The second-order valence-electron chi connectivity index (χ2n) is 7.57. The number of ether oxygens (including phenoxy) is 1. The van der Waals surface area contributed by atoms with Crippen LogP contribution in [0.25, 0.3) is 17.5 Å². The Morgan fingerprint density at radius 2 is 1.97 bits per heavy atom. The van der Waals surface area contributed by atoms with Gasteiger partial charge in [-0.15, -0.1) is 0 Å². The summed E-state index contributed by atoms with van der Waals surface area (Å²) in [6.07, 6.45) is 0.444. The van der Waals surface area contributed by atoms with Crippen LogP contribution >= 0.6 is 0 Å². The van der Waals surface area contributed by atoms with Crippen LogP contribution < -0.4 is 4.74 Å². The smallest absolute Gasteiger partial charge is 0.419 e. The summed E-state index contributed by atoms with van der Waals surface area (Å²) in [5.74, 6) is -0.157. The Morgan fingerprint density at radius 1 is 1.19 bits per heavy atom. The topological polar surface area (TPSA) is 51.4 Å². The minimum atomic E-state index is -4.62. The number of benzene rings is 2. The molecule has 32 heavy (non-hydrogen) atoms. The van der Waals surface area contributed by atoms with Crippen molar-refractivity contribution in [3.8, 4) is 17.1 Å². The molecule has 1 atom stereocenters. The van der Waals surface area contributed by atoms with Gasteiger partial charge in [0.1, 0.15) is 18.2 Å². The standard InChI is InChI=1S/C23H21F4N3O2/c1-30-12-2-5-19(30)22-28-21(29-32-22)16-8-11-20(18(14-16)23(25,26)27)31-13-3-4-15-6-9-17(24)10-7-15/h3-4,6-11,14,19H,2,5,12-13H2,1H3/b4-3+. The average Bonchev–Trinajstić information content (AvgIpc) is 3.41. The lowest BCUT2D eigenvalue weighted by molar-refractivity contribution is -0.138. The average molecular weight is 447 g/mol. The summed E-state index contributed by atoms with van der Waals surface area (Å²) in [5.41, 5.74) is -0.0149.